The van der Waals surface area contributed by atoms with Gasteiger partial charge in [0.25, 0.3) is 0 Å². The highest BCUT2D eigenvalue weighted by Gasteiger charge is 2.24. The molecule has 0 amide bonds. The Balaban J connectivity index is 1.32. The summed E-state index contributed by atoms with van der Waals surface area (Å²) in [4.78, 5) is 2.28. The van der Waals surface area contributed by atoms with E-state index in [1.165, 1.54) is 36.8 Å². The van der Waals surface area contributed by atoms with Crippen molar-refractivity contribution in [3.8, 4) is 0 Å². The van der Waals surface area contributed by atoms with E-state index in [1.54, 1.807) is 0 Å². The number of benzene rings is 1. The zero-order valence-electron chi connectivity index (χ0n) is 16.2. The summed E-state index contributed by atoms with van der Waals surface area (Å²) in [5.41, 5.74) is 2.89. The van der Waals surface area contributed by atoms with E-state index in [1.807, 2.05) is 0 Å². The molecule has 140 valence electrons. The van der Waals surface area contributed by atoms with E-state index >= 15 is 0 Å². The van der Waals surface area contributed by atoms with Gasteiger partial charge in [0.15, 0.2) is 0 Å². The maximum Gasteiger partial charge on any atom is 0.136 e. The van der Waals surface area contributed by atoms with Gasteiger partial charge in [-0.3, -0.25) is 10.2 Å². The van der Waals surface area contributed by atoms with Gasteiger partial charge in [-0.15, -0.1) is 0 Å². The van der Waals surface area contributed by atoms with E-state index in [2.05, 4.69) is 72.7 Å². The summed E-state index contributed by atoms with van der Waals surface area (Å²) < 4.78 is 5.95. The fraction of sp³-hybridized carbons (Fsp3) is 0.478. The molecule has 0 saturated carbocycles. The van der Waals surface area contributed by atoms with Gasteiger partial charge in [-0.1, -0.05) is 43.7 Å². The van der Waals surface area contributed by atoms with E-state index < -0.39 is 0 Å². The average Bonchev–Trinajstić information content (AvgIpc) is 3.30. The van der Waals surface area contributed by atoms with Gasteiger partial charge in [-0.25, -0.2) is 0 Å². The molecule has 1 aromatic carbocycles. The number of hydrogen-bond acceptors (Lipinski definition) is 3. The van der Waals surface area contributed by atoms with E-state index in [-0.39, 0.29) is 6.17 Å². The topological polar surface area (TPSA) is 28.4 Å². The molecule has 0 spiro atoms. The Morgan fingerprint density at radius 1 is 1.08 bits per heavy atom. The predicted molar refractivity (Wildman–Crippen MR) is 109 cm³/mol. The van der Waals surface area contributed by atoms with Gasteiger partial charge >= 0.3 is 0 Å². The second-order valence-electron chi connectivity index (χ2n) is 7.25. The molecule has 1 fully saturated rings. The van der Waals surface area contributed by atoms with Crippen molar-refractivity contribution in [2.45, 2.75) is 51.6 Å². The van der Waals surface area contributed by atoms with Crippen LogP contribution in [0, 0.1) is 0 Å². The molecule has 1 aliphatic rings. The average molecular weight is 353 g/mol. The Kier molecular flexibility index (Phi) is 7.10. The van der Waals surface area contributed by atoms with Crippen LogP contribution in [0.3, 0.4) is 0 Å². The van der Waals surface area contributed by atoms with Crippen LogP contribution in [0.15, 0.2) is 46.9 Å². The first-order valence-corrected chi connectivity index (χ1v) is 10.0. The van der Waals surface area contributed by atoms with Crippen molar-refractivity contribution in [1.82, 2.24) is 10.2 Å². The molecule has 3 nitrogen and oxygen atoms in total. The lowest BCUT2D eigenvalue weighted by Crippen LogP contribution is -2.23. The van der Waals surface area contributed by atoms with Crippen molar-refractivity contribution in [3.05, 3.63) is 65.1 Å². The number of unbranched alkanes of at least 4 members (excludes halogenated alkanes) is 3. The molecule has 1 aliphatic heterocycles. The van der Waals surface area contributed by atoms with Crippen molar-refractivity contribution >= 4 is 6.08 Å². The van der Waals surface area contributed by atoms with Crippen LogP contribution in [0.4, 0.5) is 0 Å². The maximum atomic E-state index is 5.95. The quantitative estimate of drug-likeness (QED) is 0.629. The molecule has 1 N–H and O–H groups in total. The number of nitrogens with zero attached hydrogens (tertiary/aromatic N) is 1. The molecule has 3 heteroatoms. The summed E-state index contributed by atoms with van der Waals surface area (Å²) in [7, 11) is 2.13. The maximum absolute atomic E-state index is 5.95. The number of likely N-dealkylation sites (N-methyl/N-ethyl adjacent to an activating group) is 1. The molecule has 1 saturated heterocycles. The molecule has 2 heterocycles. The number of rotatable bonds is 9. The number of aryl methyl sites for hydroxylation is 2. The SMILES string of the molecule is CCc1ccc(CCCCC/C=C/c2ccc(C3NCCN3C)o2)cc1. The monoisotopic (exact) mass is 352 g/mol. The minimum atomic E-state index is 0.226. The fourth-order valence-corrected chi connectivity index (χ4v) is 3.49. The molecule has 2 aromatic rings. The summed E-state index contributed by atoms with van der Waals surface area (Å²) in [6.07, 6.45) is 11.8. The van der Waals surface area contributed by atoms with E-state index in [9.17, 15) is 0 Å². The van der Waals surface area contributed by atoms with Crippen LogP contribution in [0.1, 0.15) is 61.4 Å². The smallest absolute Gasteiger partial charge is 0.136 e. The van der Waals surface area contributed by atoms with E-state index in [0.29, 0.717) is 0 Å². The molecule has 1 unspecified atom stereocenters. The van der Waals surface area contributed by atoms with Crippen molar-refractivity contribution in [3.63, 3.8) is 0 Å². The highest BCUT2D eigenvalue weighted by Crippen LogP contribution is 2.22. The summed E-state index contributed by atoms with van der Waals surface area (Å²) >= 11 is 0. The van der Waals surface area contributed by atoms with Crippen LogP contribution in [0.2, 0.25) is 0 Å². The molecule has 1 aromatic heterocycles. The first-order valence-electron chi connectivity index (χ1n) is 10.0. The third kappa shape index (κ3) is 5.33. The molecule has 1 atom stereocenters. The van der Waals surface area contributed by atoms with Crippen LogP contribution in [0.25, 0.3) is 6.08 Å². The van der Waals surface area contributed by atoms with Gasteiger partial charge in [-0.05, 0) is 68.5 Å². The fourth-order valence-electron chi connectivity index (χ4n) is 3.49. The Morgan fingerprint density at radius 3 is 2.62 bits per heavy atom. The molecule has 0 radical (unpaired) electrons. The number of nitrogens with one attached hydrogen (secondary N) is 1. The molecule has 0 aliphatic carbocycles. The zero-order valence-corrected chi connectivity index (χ0v) is 16.2. The van der Waals surface area contributed by atoms with Gasteiger partial charge < -0.3 is 4.42 Å². The van der Waals surface area contributed by atoms with Crippen LogP contribution >= 0.6 is 0 Å². The largest absolute Gasteiger partial charge is 0.459 e. The van der Waals surface area contributed by atoms with Crippen LogP contribution in [-0.2, 0) is 12.8 Å². The van der Waals surface area contributed by atoms with Gasteiger partial charge in [0.2, 0.25) is 0 Å². The Morgan fingerprint density at radius 2 is 1.88 bits per heavy atom. The molecular weight excluding hydrogens is 320 g/mol. The van der Waals surface area contributed by atoms with Crippen molar-refractivity contribution in [1.29, 1.82) is 0 Å². The Labute approximate surface area is 158 Å². The third-order valence-electron chi connectivity index (χ3n) is 5.21. The lowest BCUT2D eigenvalue weighted by Gasteiger charge is -2.16. The number of allylic oxidation sites excluding steroid dienone is 1. The summed E-state index contributed by atoms with van der Waals surface area (Å²) in [5.74, 6) is 1.97. The zero-order chi connectivity index (χ0) is 18.2. The first-order chi connectivity index (χ1) is 12.8. The third-order valence-corrected chi connectivity index (χ3v) is 5.21. The summed E-state index contributed by atoms with van der Waals surface area (Å²) in [6, 6.07) is 13.2. The van der Waals surface area contributed by atoms with Crippen molar-refractivity contribution < 1.29 is 4.42 Å². The Bertz CT molecular complexity index is 686. The van der Waals surface area contributed by atoms with Gasteiger partial charge in [-0.2, -0.15) is 0 Å². The summed E-state index contributed by atoms with van der Waals surface area (Å²) in [5, 5.41) is 3.45. The minimum absolute atomic E-state index is 0.226. The number of furan rings is 1. The molecule has 3 rings (SSSR count). The van der Waals surface area contributed by atoms with Crippen LogP contribution in [0.5, 0.6) is 0 Å². The second-order valence-corrected chi connectivity index (χ2v) is 7.25. The molecule has 0 bridgehead atoms. The highest BCUT2D eigenvalue weighted by molar-refractivity contribution is 5.43. The predicted octanol–water partition coefficient (Wildman–Crippen LogP) is 5.19. The normalized spacial score (nSPS) is 18.2. The second kappa shape index (κ2) is 9.75. The molecular formula is C23H32N2O. The van der Waals surface area contributed by atoms with Gasteiger partial charge in [0.05, 0.1) is 0 Å². The standard InChI is InChI=1S/C23H32N2O/c1-3-19-11-13-20(14-12-19)9-7-5-4-6-8-10-21-15-16-22(26-21)23-24-17-18-25(23)2/h8,10-16,23-24H,3-7,9,17-18H2,1-2H3/b10-8+. The van der Waals surface area contributed by atoms with Crippen molar-refractivity contribution in [2.24, 2.45) is 0 Å². The minimum Gasteiger partial charge on any atom is -0.459 e. The van der Waals surface area contributed by atoms with Gasteiger partial charge in [0, 0.05) is 13.1 Å². The highest BCUT2D eigenvalue weighted by atomic mass is 16.3. The Hall–Kier alpha value is -1.84. The van der Waals surface area contributed by atoms with E-state index in [4.69, 9.17) is 4.42 Å². The van der Waals surface area contributed by atoms with Gasteiger partial charge in [0.1, 0.15) is 17.7 Å². The van der Waals surface area contributed by atoms with Crippen LogP contribution < -0.4 is 5.32 Å². The lowest BCUT2D eigenvalue weighted by atomic mass is 10.0. The molecule has 26 heavy (non-hydrogen) atoms. The lowest BCUT2D eigenvalue weighted by molar-refractivity contribution is 0.259. The first kappa shape index (κ1) is 18.9. The van der Waals surface area contributed by atoms with E-state index in [0.717, 1.165) is 37.5 Å². The van der Waals surface area contributed by atoms with Crippen molar-refractivity contribution in [2.75, 3.05) is 20.1 Å². The summed E-state index contributed by atoms with van der Waals surface area (Å²) in [6.45, 7) is 4.30. The number of hydrogen-bond donors (Lipinski definition) is 1. The van der Waals surface area contributed by atoms with Crippen LogP contribution in [-0.4, -0.2) is 25.0 Å².